The summed E-state index contributed by atoms with van der Waals surface area (Å²) >= 11 is 0. The van der Waals surface area contributed by atoms with Crippen molar-refractivity contribution in [1.82, 2.24) is 20.1 Å². The van der Waals surface area contributed by atoms with Gasteiger partial charge in [-0.25, -0.2) is 9.67 Å². The zero-order valence-corrected chi connectivity index (χ0v) is 11.1. The Morgan fingerprint density at radius 1 is 1.50 bits per heavy atom. The molecule has 0 fully saturated rings. The Balaban J connectivity index is 1.76. The first kappa shape index (κ1) is 12.8. The second-order valence-corrected chi connectivity index (χ2v) is 5.01. The summed E-state index contributed by atoms with van der Waals surface area (Å²) in [5.41, 5.74) is 2.07. The number of nitrogens with zero attached hydrogens (tertiary/aromatic N) is 3. The third kappa shape index (κ3) is 2.18. The molecule has 2 N–H and O–H groups in total. The van der Waals surface area contributed by atoms with E-state index in [-0.39, 0.29) is 11.9 Å². The largest absolute Gasteiger partial charge is 0.390 e. The summed E-state index contributed by atoms with van der Waals surface area (Å²) in [6, 6.07) is 6.95. The van der Waals surface area contributed by atoms with Crippen molar-refractivity contribution >= 4 is 5.91 Å². The average molecular weight is 272 g/mol. The highest BCUT2D eigenvalue weighted by Crippen LogP contribution is 2.31. The Hall–Kier alpha value is -2.21. The lowest BCUT2D eigenvalue weighted by Crippen LogP contribution is -2.38. The topological polar surface area (TPSA) is 80.0 Å². The maximum absolute atomic E-state index is 12.2. The number of carbonyl (C=O) groups excluding carboxylic acids is 1. The van der Waals surface area contributed by atoms with Gasteiger partial charge in [-0.1, -0.05) is 24.3 Å². The molecular weight excluding hydrogens is 256 g/mol. The van der Waals surface area contributed by atoms with Gasteiger partial charge in [-0.2, -0.15) is 5.10 Å². The van der Waals surface area contributed by atoms with Gasteiger partial charge in [-0.3, -0.25) is 4.79 Å². The van der Waals surface area contributed by atoms with Gasteiger partial charge in [0, 0.05) is 6.42 Å². The summed E-state index contributed by atoms with van der Waals surface area (Å²) < 4.78 is 1.49. The monoisotopic (exact) mass is 272 g/mol. The quantitative estimate of drug-likeness (QED) is 0.858. The third-order valence-corrected chi connectivity index (χ3v) is 3.71. The molecular formula is C14H16N4O2. The number of benzene rings is 1. The molecule has 1 heterocycles. The second kappa shape index (κ2) is 5.05. The van der Waals surface area contributed by atoms with E-state index >= 15 is 0 Å². The first-order chi connectivity index (χ1) is 9.66. The molecule has 0 saturated carbocycles. The van der Waals surface area contributed by atoms with Gasteiger partial charge in [0.1, 0.15) is 18.7 Å². The summed E-state index contributed by atoms with van der Waals surface area (Å²) in [5, 5.41) is 17.0. The minimum Gasteiger partial charge on any atom is -0.390 e. The SMILES string of the molecule is CC(C(=O)NC1c2ccccc2CC1O)n1cncn1. The van der Waals surface area contributed by atoms with E-state index in [0.717, 1.165) is 11.1 Å². The molecule has 0 bridgehead atoms. The minimum absolute atomic E-state index is 0.184. The molecule has 3 rings (SSSR count). The molecule has 0 saturated heterocycles. The van der Waals surface area contributed by atoms with E-state index < -0.39 is 12.1 Å². The number of nitrogens with one attached hydrogen (secondary N) is 1. The van der Waals surface area contributed by atoms with E-state index in [1.54, 1.807) is 6.92 Å². The van der Waals surface area contributed by atoms with Gasteiger partial charge < -0.3 is 10.4 Å². The van der Waals surface area contributed by atoms with Gasteiger partial charge in [0.05, 0.1) is 12.1 Å². The van der Waals surface area contributed by atoms with E-state index in [4.69, 9.17) is 0 Å². The van der Waals surface area contributed by atoms with Crippen molar-refractivity contribution < 1.29 is 9.90 Å². The Morgan fingerprint density at radius 2 is 2.30 bits per heavy atom. The highest BCUT2D eigenvalue weighted by atomic mass is 16.3. The van der Waals surface area contributed by atoms with E-state index in [0.29, 0.717) is 6.42 Å². The smallest absolute Gasteiger partial charge is 0.245 e. The summed E-state index contributed by atoms with van der Waals surface area (Å²) in [7, 11) is 0. The maximum atomic E-state index is 12.2. The highest BCUT2D eigenvalue weighted by molar-refractivity contribution is 5.80. The number of hydrogen-bond donors (Lipinski definition) is 2. The summed E-state index contributed by atoms with van der Waals surface area (Å²) in [6.45, 7) is 1.75. The van der Waals surface area contributed by atoms with Gasteiger partial charge in [-0.05, 0) is 18.1 Å². The van der Waals surface area contributed by atoms with Crippen molar-refractivity contribution in [3.63, 3.8) is 0 Å². The van der Waals surface area contributed by atoms with Crippen LogP contribution < -0.4 is 5.32 Å². The molecule has 1 amide bonds. The number of aromatic nitrogens is 3. The number of fused-ring (bicyclic) bond motifs is 1. The molecule has 1 aromatic heterocycles. The highest BCUT2D eigenvalue weighted by Gasteiger charge is 2.33. The van der Waals surface area contributed by atoms with Gasteiger partial charge in [0.25, 0.3) is 0 Å². The van der Waals surface area contributed by atoms with Crippen LogP contribution in [0, 0.1) is 0 Å². The molecule has 0 radical (unpaired) electrons. The lowest BCUT2D eigenvalue weighted by molar-refractivity contribution is -0.125. The summed E-state index contributed by atoms with van der Waals surface area (Å²) in [5.74, 6) is -0.184. The van der Waals surface area contributed by atoms with E-state index in [1.807, 2.05) is 24.3 Å². The van der Waals surface area contributed by atoms with Crippen LogP contribution in [0.1, 0.15) is 30.1 Å². The van der Waals surface area contributed by atoms with Crippen LogP contribution in [-0.2, 0) is 11.2 Å². The van der Waals surface area contributed by atoms with Crippen molar-refractivity contribution in [1.29, 1.82) is 0 Å². The first-order valence-electron chi connectivity index (χ1n) is 6.57. The predicted molar refractivity (Wildman–Crippen MR) is 71.8 cm³/mol. The second-order valence-electron chi connectivity index (χ2n) is 5.01. The van der Waals surface area contributed by atoms with E-state index in [1.165, 1.54) is 17.3 Å². The average Bonchev–Trinajstić information content (AvgIpc) is 3.07. The maximum Gasteiger partial charge on any atom is 0.245 e. The van der Waals surface area contributed by atoms with Crippen LogP contribution in [0.4, 0.5) is 0 Å². The number of aliphatic hydroxyl groups excluding tert-OH is 1. The minimum atomic E-state index is -0.584. The van der Waals surface area contributed by atoms with Crippen LogP contribution in [0.25, 0.3) is 0 Å². The number of amides is 1. The van der Waals surface area contributed by atoms with Gasteiger partial charge in [0.2, 0.25) is 5.91 Å². The molecule has 1 aliphatic rings. The molecule has 20 heavy (non-hydrogen) atoms. The van der Waals surface area contributed by atoms with Crippen molar-refractivity contribution in [2.45, 2.75) is 31.5 Å². The molecule has 6 heteroatoms. The molecule has 1 aromatic carbocycles. The Morgan fingerprint density at radius 3 is 3.05 bits per heavy atom. The molecule has 104 valence electrons. The lowest BCUT2D eigenvalue weighted by atomic mass is 10.1. The van der Waals surface area contributed by atoms with E-state index in [2.05, 4.69) is 15.4 Å². The van der Waals surface area contributed by atoms with Crippen molar-refractivity contribution in [3.8, 4) is 0 Å². The van der Waals surface area contributed by atoms with Crippen LogP contribution in [0.5, 0.6) is 0 Å². The van der Waals surface area contributed by atoms with Crippen LogP contribution in [-0.4, -0.2) is 31.9 Å². The molecule has 3 unspecified atom stereocenters. The third-order valence-electron chi connectivity index (χ3n) is 3.71. The number of rotatable bonds is 3. The molecule has 0 spiro atoms. The molecule has 2 aromatic rings. The molecule has 0 aliphatic heterocycles. The molecule has 1 aliphatic carbocycles. The van der Waals surface area contributed by atoms with Crippen LogP contribution in [0.3, 0.4) is 0 Å². The van der Waals surface area contributed by atoms with Gasteiger partial charge >= 0.3 is 0 Å². The fourth-order valence-electron chi connectivity index (χ4n) is 2.56. The first-order valence-corrected chi connectivity index (χ1v) is 6.57. The fraction of sp³-hybridized carbons (Fsp3) is 0.357. The van der Waals surface area contributed by atoms with Gasteiger partial charge in [-0.15, -0.1) is 0 Å². The van der Waals surface area contributed by atoms with E-state index in [9.17, 15) is 9.90 Å². The van der Waals surface area contributed by atoms with Crippen molar-refractivity contribution in [2.24, 2.45) is 0 Å². The molecule has 3 atom stereocenters. The standard InChI is InChI=1S/C14H16N4O2/c1-9(18-8-15-7-16-18)14(20)17-13-11-5-3-2-4-10(11)6-12(13)19/h2-5,7-9,12-13,19H,6H2,1H3,(H,17,20). The summed E-state index contributed by atoms with van der Waals surface area (Å²) in [6.07, 6.45) is 2.88. The fourth-order valence-corrected chi connectivity index (χ4v) is 2.56. The zero-order chi connectivity index (χ0) is 14.1. The number of carbonyl (C=O) groups is 1. The van der Waals surface area contributed by atoms with Crippen molar-refractivity contribution in [2.75, 3.05) is 0 Å². The Labute approximate surface area is 116 Å². The Kier molecular flexibility index (Phi) is 3.23. The van der Waals surface area contributed by atoms with Crippen molar-refractivity contribution in [3.05, 3.63) is 48.0 Å². The zero-order valence-electron chi connectivity index (χ0n) is 11.1. The predicted octanol–water partition coefficient (Wildman–Crippen LogP) is 0.614. The van der Waals surface area contributed by atoms with Gasteiger partial charge in [0.15, 0.2) is 0 Å². The molecule has 6 nitrogen and oxygen atoms in total. The summed E-state index contributed by atoms with van der Waals surface area (Å²) in [4.78, 5) is 16.1. The number of aliphatic hydroxyl groups is 1. The lowest BCUT2D eigenvalue weighted by Gasteiger charge is -2.20. The van der Waals surface area contributed by atoms with Crippen LogP contribution in [0.15, 0.2) is 36.9 Å². The normalized spacial score (nSPS) is 22.3. The van der Waals surface area contributed by atoms with Crippen LogP contribution in [0.2, 0.25) is 0 Å². The Bertz CT molecular complexity index is 611. The van der Waals surface area contributed by atoms with Crippen LogP contribution >= 0.6 is 0 Å². The number of hydrogen-bond acceptors (Lipinski definition) is 4.